The minimum atomic E-state index is 0.357. The van der Waals surface area contributed by atoms with Crippen molar-refractivity contribution in [3.63, 3.8) is 0 Å². The van der Waals surface area contributed by atoms with Crippen LogP contribution in [0.25, 0.3) is 0 Å². The van der Waals surface area contributed by atoms with Crippen LogP contribution in [0.15, 0.2) is 0 Å². The molecule has 1 saturated heterocycles. The lowest BCUT2D eigenvalue weighted by Gasteiger charge is -2.51. The molecule has 106 valence electrons. The predicted octanol–water partition coefficient (Wildman–Crippen LogP) is 3.42. The molecule has 18 heavy (non-hydrogen) atoms. The highest BCUT2D eigenvalue weighted by molar-refractivity contribution is 4.98. The molecule has 1 aliphatic carbocycles. The number of hydrogen-bond acceptors (Lipinski definition) is 2. The maximum absolute atomic E-state index is 3.52. The third-order valence-electron chi connectivity index (χ3n) is 5.79. The van der Waals surface area contributed by atoms with E-state index >= 15 is 0 Å². The highest BCUT2D eigenvalue weighted by Gasteiger charge is 2.42. The number of hydrogen-bond donors (Lipinski definition) is 1. The molecule has 0 aromatic heterocycles. The third kappa shape index (κ3) is 2.91. The molecule has 0 aromatic rings. The Kier molecular flexibility index (Phi) is 3.81. The van der Waals surface area contributed by atoms with E-state index in [1.165, 1.54) is 51.6 Å². The van der Waals surface area contributed by atoms with Crippen molar-refractivity contribution in [3.05, 3.63) is 0 Å². The number of rotatable bonds is 1. The predicted molar refractivity (Wildman–Crippen MR) is 78.9 cm³/mol. The lowest BCUT2D eigenvalue weighted by molar-refractivity contribution is 0.00701. The smallest absolute Gasteiger partial charge is 0.0150 e. The van der Waals surface area contributed by atoms with E-state index in [1.807, 2.05) is 0 Å². The largest absolute Gasteiger partial charge is 0.315 e. The number of piperidine rings is 1. The molecule has 0 bridgehead atoms. The van der Waals surface area contributed by atoms with E-state index in [0.717, 1.165) is 0 Å². The Morgan fingerprint density at radius 1 is 0.889 bits per heavy atom. The molecular formula is C16H32N2. The summed E-state index contributed by atoms with van der Waals surface area (Å²) in [5.41, 5.74) is 1.44. The van der Waals surface area contributed by atoms with Crippen molar-refractivity contribution in [2.75, 3.05) is 20.1 Å². The Labute approximate surface area is 114 Å². The monoisotopic (exact) mass is 252 g/mol. The molecule has 0 aromatic carbocycles. The molecule has 1 N–H and O–H groups in total. The summed E-state index contributed by atoms with van der Waals surface area (Å²) in [6.07, 6.45) is 8.43. The van der Waals surface area contributed by atoms with Crippen LogP contribution in [0.5, 0.6) is 0 Å². The Bertz CT molecular complexity index is 272. The minimum Gasteiger partial charge on any atom is -0.315 e. The highest BCUT2D eigenvalue weighted by atomic mass is 15.2. The Morgan fingerprint density at radius 3 is 1.78 bits per heavy atom. The Hall–Kier alpha value is -0.0800. The molecular weight excluding hydrogens is 220 g/mol. The van der Waals surface area contributed by atoms with Gasteiger partial charge in [0, 0.05) is 11.1 Å². The van der Waals surface area contributed by atoms with Gasteiger partial charge in [0.05, 0.1) is 0 Å². The van der Waals surface area contributed by atoms with Crippen molar-refractivity contribution in [2.45, 2.75) is 77.3 Å². The Morgan fingerprint density at radius 2 is 1.39 bits per heavy atom. The van der Waals surface area contributed by atoms with Crippen LogP contribution in [0.2, 0.25) is 0 Å². The average Bonchev–Trinajstić information content (AvgIpc) is 2.33. The molecule has 1 heterocycles. The normalized spacial score (nSPS) is 28.5. The summed E-state index contributed by atoms with van der Waals surface area (Å²) >= 11 is 0. The van der Waals surface area contributed by atoms with Gasteiger partial charge in [-0.25, -0.2) is 0 Å². The molecule has 0 atom stereocenters. The molecule has 1 saturated carbocycles. The standard InChI is InChI=1S/C16H32N2/c1-14(2,3)18-12-10-16(11-13-18)8-6-15(4,17-5)7-9-16/h17H,6-13H2,1-5H3. The van der Waals surface area contributed by atoms with E-state index in [9.17, 15) is 0 Å². The van der Waals surface area contributed by atoms with E-state index in [0.29, 0.717) is 16.5 Å². The van der Waals surface area contributed by atoms with Gasteiger partial charge < -0.3 is 5.32 Å². The van der Waals surface area contributed by atoms with E-state index in [-0.39, 0.29) is 0 Å². The van der Waals surface area contributed by atoms with Gasteiger partial charge in [0.1, 0.15) is 0 Å². The first kappa shape index (κ1) is 14.3. The maximum atomic E-state index is 3.52. The second-order valence-corrected chi connectivity index (χ2v) is 7.97. The molecule has 2 heteroatoms. The summed E-state index contributed by atoms with van der Waals surface area (Å²) in [7, 11) is 2.13. The molecule has 2 rings (SSSR count). The van der Waals surface area contributed by atoms with E-state index in [1.54, 1.807) is 0 Å². The van der Waals surface area contributed by atoms with Gasteiger partial charge in [-0.15, -0.1) is 0 Å². The highest BCUT2D eigenvalue weighted by Crippen LogP contribution is 2.47. The van der Waals surface area contributed by atoms with Crippen molar-refractivity contribution >= 4 is 0 Å². The first-order valence-corrected chi connectivity index (χ1v) is 7.73. The zero-order chi connectivity index (χ0) is 13.4. The second-order valence-electron chi connectivity index (χ2n) is 7.97. The van der Waals surface area contributed by atoms with Crippen LogP contribution in [0, 0.1) is 5.41 Å². The van der Waals surface area contributed by atoms with Crippen molar-refractivity contribution < 1.29 is 0 Å². The van der Waals surface area contributed by atoms with Gasteiger partial charge in [-0.05, 0) is 91.8 Å². The van der Waals surface area contributed by atoms with Gasteiger partial charge in [-0.3, -0.25) is 4.90 Å². The lowest BCUT2D eigenvalue weighted by Crippen LogP contribution is -2.52. The first-order valence-electron chi connectivity index (χ1n) is 7.73. The zero-order valence-electron chi connectivity index (χ0n) is 13.1. The maximum Gasteiger partial charge on any atom is 0.0150 e. The van der Waals surface area contributed by atoms with Gasteiger partial charge in [0.2, 0.25) is 0 Å². The van der Waals surface area contributed by atoms with Crippen molar-refractivity contribution in [2.24, 2.45) is 5.41 Å². The molecule has 0 amide bonds. The molecule has 0 radical (unpaired) electrons. The van der Waals surface area contributed by atoms with Crippen LogP contribution in [0.3, 0.4) is 0 Å². The fourth-order valence-electron chi connectivity index (χ4n) is 3.73. The van der Waals surface area contributed by atoms with Crippen LogP contribution >= 0.6 is 0 Å². The van der Waals surface area contributed by atoms with Crippen LogP contribution in [0.4, 0.5) is 0 Å². The topological polar surface area (TPSA) is 15.3 Å². The second kappa shape index (κ2) is 4.79. The molecule has 1 spiro atoms. The van der Waals surface area contributed by atoms with Gasteiger partial charge in [0.25, 0.3) is 0 Å². The van der Waals surface area contributed by atoms with Crippen molar-refractivity contribution in [1.82, 2.24) is 10.2 Å². The summed E-state index contributed by atoms with van der Waals surface area (Å²) in [5, 5.41) is 3.52. The van der Waals surface area contributed by atoms with Gasteiger partial charge >= 0.3 is 0 Å². The Balaban J connectivity index is 1.90. The van der Waals surface area contributed by atoms with E-state index in [2.05, 4.69) is 45.0 Å². The van der Waals surface area contributed by atoms with Crippen LogP contribution < -0.4 is 5.32 Å². The molecule has 1 aliphatic heterocycles. The van der Waals surface area contributed by atoms with Crippen LogP contribution in [0.1, 0.15) is 66.2 Å². The molecule has 2 nitrogen and oxygen atoms in total. The third-order valence-corrected chi connectivity index (χ3v) is 5.79. The summed E-state index contributed by atoms with van der Waals surface area (Å²) in [4.78, 5) is 2.67. The molecule has 2 fully saturated rings. The number of nitrogens with one attached hydrogen (secondary N) is 1. The zero-order valence-corrected chi connectivity index (χ0v) is 13.1. The fourth-order valence-corrected chi connectivity index (χ4v) is 3.73. The molecule has 2 aliphatic rings. The van der Waals surface area contributed by atoms with Crippen LogP contribution in [-0.4, -0.2) is 36.1 Å². The summed E-state index contributed by atoms with van der Waals surface area (Å²) in [5.74, 6) is 0. The van der Waals surface area contributed by atoms with Crippen molar-refractivity contribution in [1.29, 1.82) is 0 Å². The van der Waals surface area contributed by atoms with E-state index < -0.39 is 0 Å². The lowest BCUT2D eigenvalue weighted by atomic mass is 9.63. The minimum absolute atomic E-state index is 0.357. The number of nitrogens with zero attached hydrogens (tertiary/aromatic N) is 1. The average molecular weight is 252 g/mol. The SMILES string of the molecule is CNC1(C)CCC2(CCN(C(C)(C)C)CC2)CC1. The summed E-state index contributed by atoms with van der Waals surface area (Å²) in [6.45, 7) is 12.1. The van der Waals surface area contributed by atoms with Gasteiger partial charge in [0.15, 0.2) is 0 Å². The van der Waals surface area contributed by atoms with Crippen LogP contribution in [-0.2, 0) is 0 Å². The number of likely N-dealkylation sites (tertiary alicyclic amines) is 1. The quantitative estimate of drug-likeness (QED) is 0.769. The molecule has 0 unspecified atom stereocenters. The first-order chi connectivity index (χ1) is 8.29. The van der Waals surface area contributed by atoms with E-state index in [4.69, 9.17) is 0 Å². The van der Waals surface area contributed by atoms with Gasteiger partial charge in [-0.1, -0.05) is 0 Å². The van der Waals surface area contributed by atoms with Crippen molar-refractivity contribution in [3.8, 4) is 0 Å². The fraction of sp³-hybridized carbons (Fsp3) is 1.00. The summed E-state index contributed by atoms with van der Waals surface area (Å²) < 4.78 is 0. The summed E-state index contributed by atoms with van der Waals surface area (Å²) in [6, 6.07) is 0. The van der Waals surface area contributed by atoms with Gasteiger partial charge in [-0.2, -0.15) is 0 Å².